The third-order valence-corrected chi connectivity index (χ3v) is 5.89. The highest BCUT2D eigenvalue weighted by Gasteiger charge is 2.28. The molecule has 0 saturated carbocycles. The normalized spacial score (nSPS) is 19.9. The summed E-state index contributed by atoms with van der Waals surface area (Å²) in [6.07, 6.45) is 6.32. The van der Waals surface area contributed by atoms with Gasteiger partial charge in [-0.1, -0.05) is 24.3 Å². The highest BCUT2D eigenvalue weighted by molar-refractivity contribution is 5.86. The maximum atomic E-state index is 12.7. The Morgan fingerprint density at radius 2 is 2.04 bits per heavy atom. The molecular formula is C22H23N3O. The molecule has 132 valence electrons. The Morgan fingerprint density at radius 3 is 2.92 bits per heavy atom. The van der Waals surface area contributed by atoms with Crippen LogP contribution in [0.1, 0.15) is 42.1 Å². The summed E-state index contributed by atoms with van der Waals surface area (Å²) in [7, 11) is 0. The molecule has 0 N–H and O–H groups in total. The summed E-state index contributed by atoms with van der Waals surface area (Å²) in [5.41, 5.74) is 4.93. The molecule has 26 heavy (non-hydrogen) atoms. The molecule has 0 amide bonds. The molecule has 2 aliphatic heterocycles. The SMILES string of the molecule is O=c1cc(CN2CCCC2c2ccccn2)c2cccc3c2n1CCC3. The molecule has 2 aromatic heterocycles. The molecule has 4 heterocycles. The van der Waals surface area contributed by atoms with Crippen molar-refractivity contribution in [1.29, 1.82) is 0 Å². The van der Waals surface area contributed by atoms with Crippen LogP contribution in [-0.4, -0.2) is 21.0 Å². The second-order valence-electron chi connectivity index (χ2n) is 7.46. The van der Waals surface area contributed by atoms with Gasteiger partial charge in [-0.15, -0.1) is 0 Å². The van der Waals surface area contributed by atoms with Crippen molar-refractivity contribution in [3.8, 4) is 0 Å². The van der Waals surface area contributed by atoms with Gasteiger partial charge in [0, 0.05) is 30.7 Å². The van der Waals surface area contributed by atoms with Crippen LogP contribution in [0, 0.1) is 0 Å². The predicted molar refractivity (Wildman–Crippen MR) is 103 cm³/mol. The Hall–Kier alpha value is -2.46. The number of para-hydroxylation sites is 1. The topological polar surface area (TPSA) is 38.1 Å². The zero-order valence-corrected chi connectivity index (χ0v) is 14.9. The minimum Gasteiger partial charge on any atom is -0.308 e. The molecular weight excluding hydrogens is 322 g/mol. The number of aromatic nitrogens is 2. The first-order valence-electron chi connectivity index (χ1n) is 9.60. The van der Waals surface area contributed by atoms with Gasteiger partial charge in [0.15, 0.2) is 0 Å². The average Bonchev–Trinajstić information content (AvgIpc) is 3.14. The van der Waals surface area contributed by atoms with Gasteiger partial charge < -0.3 is 4.57 Å². The lowest BCUT2D eigenvalue weighted by Crippen LogP contribution is -2.28. The Balaban J connectivity index is 1.56. The van der Waals surface area contributed by atoms with Gasteiger partial charge in [0.25, 0.3) is 5.56 Å². The first-order valence-corrected chi connectivity index (χ1v) is 9.60. The number of nitrogens with zero attached hydrogens (tertiary/aromatic N) is 3. The lowest BCUT2D eigenvalue weighted by molar-refractivity contribution is 0.245. The molecule has 1 unspecified atom stereocenters. The zero-order valence-electron chi connectivity index (χ0n) is 14.9. The van der Waals surface area contributed by atoms with E-state index in [-0.39, 0.29) is 5.56 Å². The number of hydrogen-bond donors (Lipinski definition) is 0. The lowest BCUT2D eigenvalue weighted by Gasteiger charge is -2.26. The molecule has 4 nitrogen and oxygen atoms in total. The van der Waals surface area contributed by atoms with Crippen molar-refractivity contribution < 1.29 is 0 Å². The molecule has 0 aliphatic carbocycles. The predicted octanol–water partition coefficient (Wildman–Crippen LogP) is 3.68. The van der Waals surface area contributed by atoms with Crippen molar-refractivity contribution in [2.24, 2.45) is 0 Å². The molecule has 0 spiro atoms. The van der Waals surface area contributed by atoms with Crippen molar-refractivity contribution in [3.05, 3.63) is 75.8 Å². The van der Waals surface area contributed by atoms with Gasteiger partial charge in [-0.25, -0.2) is 0 Å². The molecule has 2 aliphatic rings. The van der Waals surface area contributed by atoms with Crippen molar-refractivity contribution in [2.45, 2.75) is 44.8 Å². The fraction of sp³-hybridized carbons (Fsp3) is 0.364. The molecule has 0 bridgehead atoms. The first kappa shape index (κ1) is 15.8. The summed E-state index contributed by atoms with van der Waals surface area (Å²) in [5, 5.41) is 1.24. The Labute approximate surface area is 153 Å². The van der Waals surface area contributed by atoms with Gasteiger partial charge in [-0.2, -0.15) is 0 Å². The summed E-state index contributed by atoms with van der Waals surface area (Å²) in [5.74, 6) is 0. The highest BCUT2D eigenvalue weighted by Crippen LogP contribution is 2.33. The molecule has 1 fully saturated rings. The number of hydrogen-bond acceptors (Lipinski definition) is 3. The Bertz CT molecular complexity index is 1010. The third kappa shape index (κ3) is 2.56. The molecule has 3 aromatic rings. The van der Waals surface area contributed by atoms with Crippen LogP contribution in [0.2, 0.25) is 0 Å². The Kier molecular flexibility index (Phi) is 3.86. The second-order valence-corrected chi connectivity index (χ2v) is 7.46. The summed E-state index contributed by atoms with van der Waals surface area (Å²) >= 11 is 0. The van der Waals surface area contributed by atoms with Crippen LogP contribution in [0.5, 0.6) is 0 Å². The summed E-state index contributed by atoms with van der Waals surface area (Å²) < 4.78 is 1.97. The highest BCUT2D eigenvalue weighted by atomic mass is 16.1. The monoisotopic (exact) mass is 345 g/mol. The third-order valence-electron chi connectivity index (χ3n) is 5.89. The molecule has 1 aromatic carbocycles. The van der Waals surface area contributed by atoms with Crippen molar-refractivity contribution in [2.75, 3.05) is 6.54 Å². The number of aryl methyl sites for hydroxylation is 2. The van der Waals surface area contributed by atoms with Crippen molar-refractivity contribution >= 4 is 10.9 Å². The zero-order chi connectivity index (χ0) is 17.5. The van der Waals surface area contributed by atoms with E-state index in [1.165, 1.54) is 17.4 Å². The van der Waals surface area contributed by atoms with E-state index in [4.69, 9.17) is 0 Å². The largest absolute Gasteiger partial charge is 0.308 e. The number of rotatable bonds is 3. The fourth-order valence-corrected chi connectivity index (χ4v) is 4.71. The number of benzene rings is 1. The summed E-state index contributed by atoms with van der Waals surface area (Å²) in [4.78, 5) is 19.8. The maximum Gasteiger partial charge on any atom is 0.251 e. The van der Waals surface area contributed by atoms with Crippen LogP contribution in [-0.2, 0) is 19.5 Å². The van der Waals surface area contributed by atoms with E-state index >= 15 is 0 Å². The van der Waals surface area contributed by atoms with Gasteiger partial charge in [0.05, 0.1) is 17.3 Å². The van der Waals surface area contributed by atoms with E-state index in [9.17, 15) is 4.79 Å². The standard InChI is InChI=1S/C22H23N3O/c26-21-14-17(18-8-3-6-16-7-4-13-25(21)22(16)18)15-24-12-5-10-20(24)19-9-1-2-11-23-19/h1-3,6,8-9,11,14,20H,4-5,7,10,12-13,15H2. The van der Waals surface area contributed by atoms with Crippen LogP contribution in [0.15, 0.2) is 53.5 Å². The van der Waals surface area contributed by atoms with Gasteiger partial charge in [0.2, 0.25) is 0 Å². The fourth-order valence-electron chi connectivity index (χ4n) is 4.71. The first-order chi connectivity index (χ1) is 12.8. The molecule has 1 saturated heterocycles. The second kappa shape index (κ2) is 6.36. The molecule has 5 rings (SSSR count). The average molecular weight is 345 g/mol. The smallest absolute Gasteiger partial charge is 0.251 e. The summed E-state index contributed by atoms with van der Waals surface area (Å²) in [6.45, 7) is 2.72. The number of pyridine rings is 2. The van der Waals surface area contributed by atoms with Crippen LogP contribution < -0.4 is 5.56 Å². The van der Waals surface area contributed by atoms with Crippen molar-refractivity contribution in [1.82, 2.24) is 14.5 Å². The molecule has 0 radical (unpaired) electrons. The maximum absolute atomic E-state index is 12.7. The molecule has 4 heteroatoms. The van der Waals surface area contributed by atoms with E-state index in [0.29, 0.717) is 6.04 Å². The summed E-state index contributed by atoms with van der Waals surface area (Å²) in [6, 6.07) is 14.9. The van der Waals surface area contributed by atoms with E-state index < -0.39 is 0 Å². The minimum absolute atomic E-state index is 0.147. The van der Waals surface area contributed by atoms with Crippen molar-refractivity contribution in [3.63, 3.8) is 0 Å². The van der Waals surface area contributed by atoms with Crippen LogP contribution in [0.25, 0.3) is 10.9 Å². The van der Waals surface area contributed by atoms with Crippen LogP contribution in [0.4, 0.5) is 0 Å². The van der Waals surface area contributed by atoms with E-state index in [1.807, 2.05) is 22.9 Å². The minimum atomic E-state index is 0.147. The van der Waals surface area contributed by atoms with Gasteiger partial charge >= 0.3 is 0 Å². The van der Waals surface area contributed by atoms with Crippen LogP contribution in [0.3, 0.4) is 0 Å². The van der Waals surface area contributed by atoms with E-state index in [1.54, 1.807) is 0 Å². The number of likely N-dealkylation sites (tertiary alicyclic amines) is 1. The van der Waals surface area contributed by atoms with Gasteiger partial charge in [0.1, 0.15) is 0 Å². The van der Waals surface area contributed by atoms with Gasteiger partial charge in [-0.05, 0) is 55.5 Å². The quantitative estimate of drug-likeness (QED) is 0.727. The van der Waals surface area contributed by atoms with E-state index in [0.717, 1.165) is 55.7 Å². The van der Waals surface area contributed by atoms with E-state index in [2.05, 4.69) is 40.2 Å². The lowest BCUT2D eigenvalue weighted by atomic mass is 9.98. The van der Waals surface area contributed by atoms with Gasteiger partial charge in [-0.3, -0.25) is 14.7 Å². The molecule has 1 atom stereocenters. The Morgan fingerprint density at radius 1 is 1.08 bits per heavy atom. The van der Waals surface area contributed by atoms with Crippen LogP contribution >= 0.6 is 0 Å².